The van der Waals surface area contributed by atoms with Crippen LogP contribution in [0.3, 0.4) is 0 Å². The molecule has 70 valence electrons. The Morgan fingerprint density at radius 2 is 2.23 bits per heavy atom. The highest BCUT2D eigenvalue weighted by Gasteiger charge is 2.10. The first kappa shape index (κ1) is 9.10. The van der Waals surface area contributed by atoms with Crippen LogP contribution in [-0.2, 0) is 6.42 Å². The highest BCUT2D eigenvalue weighted by atomic mass is 32.2. The average molecular weight is 193 g/mol. The van der Waals surface area contributed by atoms with Gasteiger partial charge in [-0.3, -0.25) is 4.72 Å². The van der Waals surface area contributed by atoms with E-state index in [9.17, 15) is 0 Å². The summed E-state index contributed by atoms with van der Waals surface area (Å²) >= 11 is 1.76. The summed E-state index contributed by atoms with van der Waals surface area (Å²) in [4.78, 5) is 1.40. The smallest absolute Gasteiger partial charge is 0.0260 e. The van der Waals surface area contributed by atoms with Gasteiger partial charge in [0.15, 0.2) is 0 Å². The van der Waals surface area contributed by atoms with E-state index in [1.165, 1.54) is 22.4 Å². The Hall–Kier alpha value is -0.470. The summed E-state index contributed by atoms with van der Waals surface area (Å²) in [5.74, 6) is 0.644. The van der Waals surface area contributed by atoms with Crippen molar-refractivity contribution < 1.29 is 0 Å². The van der Waals surface area contributed by atoms with Gasteiger partial charge in [0.2, 0.25) is 0 Å². The minimum atomic E-state index is 0.644. The van der Waals surface area contributed by atoms with E-state index in [1.54, 1.807) is 11.9 Å². The number of benzene rings is 1. The molecule has 0 saturated heterocycles. The molecule has 1 aromatic carbocycles. The first-order valence-electron chi connectivity index (χ1n) is 4.80. The molecule has 0 unspecified atom stereocenters. The zero-order chi connectivity index (χ0) is 9.26. The Balaban J connectivity index is 2.35. The predicted octanol–water partition coefficient (Wildman–Crippen LogP) is 2.96. The highest BCUT2D eigenvalue weighted by Crippen LogP contribution is 2.27. The molecule has 0 saturated carbocycles. The number of nitrogens with one attached hydrogen (secondary N) is 1. The Morgan fingerprint density at radius 3 is 3.00 bits per heavy atom. The van der Waals surface area contributed by atoms with E-state index in [0.29, 0.717) is 5.92 Å². The molecule has 1 nitrogen and oxygen atoms in total. The highest BCUT2D eigenvalue weighted by molar-refractivity contribution is 7.97. The molecule has 0 aromatic heterocycles. The lowest BCUT2D eigenvalue weighted by molar-refractivity contribution is 0.831. The van der Waals surface area contributed by atoms with E-state index >= 15 is 0 Å². The van der Waals surface area contributed by atoms with Gasteiger partial charge in [0.25, 0.3) is 0 Å². The summed E-state index contributed by atoms with van der Waals surface area (Å²) < 4.78 is 3.31. The second kappa shape index (κ2) is 3.72. The van der Waals surface area contributed by atoms with Gasteiger partial charge in [0.1, 0.15) is 0 Å². The average Bonchev–Trinajstić information content (AvgIpc) is 2.17. The lowest BCUT2D eigenvalue weighted by atomic mass is 9.99. The predicted molar refractivity (Wildman–Crippen MR) is 58.1 cm³/mol. The Kier molecular flexibility index (Phi) is 2.61. The first-order valence-corrected chi connectivity index (χ1v) is 5.61. The molecule has 0 fully saturated rings. The molecule has 13 heavy (non-hydrogen) atoms. The standard InChI is InChI=1S/C11H15NS/c1-8(2)9-3-4-11-10(7-9)5-6-12-13-11/h3-4,7-8,12H,5-6H2,1-2H3. The molecule has 0 aliphatic carbocycles. The zero-order valence-electron chi connectivity index (χ0n) is 8.13. The van der Waals surface area contributed by atoms with E-state index in [4.69, 9.17) is 0 Å². The molecule has 0 spiro atoms. The van der Waals surface area contributed by atoms with Crippen LogP contribution < -0.4 is 4.72 Å². The second-order valence-electron chi connectivity index (χ2n) is 3.77. The molecule has 1 aliphatic heterocycles. The molecular formula is C11H15NS. The quantitative estimate of drug-likeness (QED) is 0.688. The molecule has 1 aromatic rings. The lowest BCUT2D eigenvalue weighted by Gasteiger charge is -2.17. The monoisotopic (exact) mass is 193 g/mol. The minimum absolute atomic E-state index is 0.644. The molecule has 1 heterocycles. The zero-order valence-corrected chi connectivity index (χ0v) is 8.95. The summed E-state index contributed by atoms with van der Waals surface area (Å²) in [6, 6.07) is 6.83. The fourth-order valence-electron chi connectivity index (χ4n) is 1.57. The van der Waals surface area contributed by atoms with Crippen molar-refractivity contribution in [2.24, 2.45) is 0 Å². The van der Waals surface area contributed by atoms with Crippen molar-refractivity contribution in [3.63, 3.8) is 0 Å². The van der Waals surface area contributed by atoms with Crippen LogP contribution in [0.4, 0.5) is 0 Å². The van der Waals surface area contributed by atoms with E-state index in [-0.39, 0.29) is 0 Å². The second-order valence-corrected chi connectivity index (χ2v) is 4.70. The minimum Gasteiger partial charge on any atom is -0.260 e. The van der Waals surface area contributed by atoms with Crippen molar-refractivity contribution >= 4 is 11.9 Å². The molecule has 1 aliphatic rings. The van der Waals surface area contributed by atoms with E-state index in [1.807, 2.05) is 0 Å². The van der Waals surface area contributed by atoms with E-state index in [0.717, 1.165) is 6.54 Å². The summed E-state index contributed by atoms with van der Waals surface area (Å²) in [5.41, 5.74) is 2.97. The van der Waals surface area contributed by atoms with Crippen LogP contribution in [0.1, 0.15) is 30.9 Å². The molecule has 2 heteroatoms. The van der Waals surface area contributed by atoms with Crippen molar-refractivity contribution in [3.8, 4) is 0 Å². The Labute approximate surface area is 84.1 Å². The van der Waals surface area contributed by atoms with Crippen molar-refractivity contribution in [2.75, 3.05) is 6.54 Å². The van der Waals surface area contributed by atoms with Crippen LogP contribution in [-0.4, -0.2) is 6.54 Å². The van der Waals surface area contributed by atoms with Gasteiger partial charge in [-0.2, -0.15) is 0 Å². The fourth-order valence-corrected chi connectivity index (χ4v) is 2.36. The summed E-state index contributed by atoms with van der Waals surface area (Å²) in [5, 5.41) is 0. The van der Waals surface area contributed by atoms with E-state index in [2.05, 4.69) is 36.8 Å². The Morgan fingerprint density at radius 1 is 1.38 bits per heavy atom. The van der Waals surface area contributed by atoms with Crippen LogP contribution in [0.15, 0.2) is 23.1 Å². The third-order valence-electron chi connectivity index (χ3n) is 2.43. The maximum absolute atomic E-state index is 3.31. The molecule has 0 bridgehead atoms. The summed E-state index contributed by atoms with van der Waals surface area (Å²) in [6.45, 7) is 5.59. The van der Waals surface area contributed by atoms with Gasteiger partial charge in [-0.15, -0.1) is 0 Å². The molecule has 0 radical (unpaired) electrons. The molecule has 0 amide bonds. The number of hydrogen-bond donors (Lipinski definition) is 1. The maximum Gasteiger partial charge on any atom is 0.0260 e. The number of fused-ring (bicyclic) bond motifs is 1. The molecule has 2 rings (SSSR count). The SMILES string of the molecule is CC(C)c1ccc2c(c1)CCNS2. The van der Waals surface area contributed by atoms with Crippen molar-refractivity contribution in [1.82, 2.24) is 4.72 Å². The van der Waals surface area contributed by atoms with Crippen molar-refractivity contribution in [3.05, 3.63) is 29.3 Å². The fraction of sp³-hybridized carbons (Fsp3) is 0.455. The van der Waals surface area contributed by atoms with Crippen LogP contribution in [0.5, 0.6) is 0 Å². The lowest BCUT2D eigenvalue weighted by Crippen LogP contribution is -2.15. The van der Waals surface area contributed by atoms with Gasteiger partial charge in [-0.05, 0) is 41.5 Å². The largest absolute Gasteiger partial charge is 0.260 e. The first-order chi connectivity index (χ1) is 6.27. The van der Waals surface area contributed by atoms with Gasteiger partial charge in [0.05, 0.1) is 0 Å². The van der Waals surface area contributed by atoms with Crippen LogP contribution >= 0.6 is 11.9 Å². The van der Waals surface area contributed by atoms with Gasteiger partial charge >= 0.3 is 0 Å². The van der Waals surface area contributed by atoms with Gasteiger partial charge in [-0.1, -0.05) is 26.0 Å². The van der Waals surface area contributed by atoms with Crippen molar-refractivity contribution in [1.29, 1.82) is 0 Å². The summed E-state index contributed by atoms with van der Waals surface area (Å²) in [6.07, 6.45) is 1.17. The topological polar surface area (TPSA) is 12.0 Å². The van der Waals surface area contributed by atoms with Crippen LogP contribution in [0.2, 0.25) is 0 Å². The molecular weight excluding hydrogens is 178 g/mol. The normalized spacial score (nSPS) is 15.9. The van der Waals surface area contributed by atoms with Crippen molar-refractivity contribution in [2.45, 2.75) is 31.1 Å². The van der Waals surface area contributed by atoms with Gasteiger partial charge in [-0.25, -0.2) is 0 Å². The van der Waals surface area contributed by atoms with Crippen LogP contribution in [0, 0.1) is 0 Å². The third kappa shape index (κ3) is 1.89. The molecule has 1 N–H and O–H groups in total. The number of rotatable bonds is 1. The molecule has 0 atom stereocenters. The summed E-state index contributed by atoms with van der Waals surface area (Å²) in [7, 11) is 0. The number of hydrogen-bond acceptors (Lipinski definition) is 2. The Bertz CT molecular complexity index is 307. The third-order valence-corrected chi connectivity index (χ3v) is 3.40. The maximum atomic E-state index is 3.31. The van der Waals surface area contributed by atoms with Gasteiger partial charge < -0.3 is 0 Å². The van der Waals surface area contributed by atoms with Gasteiger partial charge in [0, 0.05) is 11.4 Å². The van der Waals surface area contributed by atoms with E-state index < -0.39 is 0 Å². The van der Waals surface area contributed by atoms with Crippen LogP contribution in [0.25, 0.3) is 0 Å².